The van der Waals surface area contributed by atoms with Crippen LogP contribution in [0.3, 0.4) is 0 Å². The molecule has 21 heavy (non-hydrogen) atoms. The molecule has 1 aromatic carbocycles. The number of rotatable bonds is 2. The molecular weight excluding hydrogens is 353 g/mol. The van der Waals surface area contributed by atoms with E-state index in [0.29, 0.717) is 31.7 Å². The van der Waals surface area contributed by atoms with Gasteiger partial charge in [0, 0.05) is 36.2 Å². The van der Waals surface area contributed by atoms with Crippen molar-refractivity contribution >= 4 is 22.0 Å². The lowest BCUT2D eigenvalue weighted by Gasteiger charge is -2.26. The Balaban J connectivity index is 1.95. The molecule has 0 saturated carbocycles. The second-order valence-electron chi connectivity index (χ2n) is 4.60. The minimum absolute atomic E-state index is 0.0680. The summed E-state index contributed by atoms with van der Waals surface area (Å²) in [6.45, 7) is 2.47. The van der Waals surface area contributed by atoms with E-state index < -0.39 is 17.8 Å². The van der Waals surface area contributed by atoms with Crippen molar-refractivity contribution in [1.29, 1.82) is 0 Å². The minimum Gasteiger partial charge on any atom is -0.444 e. The first kappa shape index (κ1) is 16.1. The van der Waals surface area contributed by atoms with Crippen molar-refractivity contribution in [3.8, 4) is 0 Å². The van der Waals surface area contributed by atoms with Gasteiger partial charge in [-0.1, -0.05) is 22.0 Å². The average molecular weight is 367 g/mol. The Kier molecular flexibility index (Phi) is 5.10. The summed E-state index contributed by atoms with van der Waals surface area (Å²) in [5.74, 6) is 0. The van der Waals surface area contributed by atoms with Crippen LogP contribution in [0.2, 0.25) is 0 Å². The Bertz CT molecular complexity index is 517. The van der Waals surface area contributed by atoms with E-state index in [2.05, 4.69) is 21.2 Å². The van der Waals surface area contributed by atoms with E-state index in [0.717, 1.165) is 12.1 Å². The van der Waals surface area contributed by atoms with Crippen LogP contribution in [0.15, 0.2) is 22.7 Å². The van der Waals surface area contributed by atoms with E-state index in [-0.39, 0.29) is 11.1 Å². The molecule has 0 spiro atoms. The summed E-state index contributed by atoms with van der Waals surface area (Å²) < 4.78 is 43.0. The molecule has 1 aliphatic rings. The summed E-state index contributed by atoms with van der Waals surface area (Å²) in [5, 5.41) is 3.11. The van der Waals surface area contributed by atoms with Gasteiger partial charge in [0.1, 0.15) is 6.61 Å². The van der Waals surface area contributed by atoms with Gasteiger partial charge in [0.05, 0.1) is 5.56 Å². The van der Waals surface area contributed by atoms with E-state index >= 15 is 0 Å². The van der Waals surface area contributed by atoms with Crippen molar-refractivity contribution < 1.29 is 22.7 Å². The molecule has 1 N–H and O–H groups in total. The van der Waals surface area contributed by atoms with Crippen LogP contribution in [0.4, 0.5) is 18.0 Å². The fourth-order valence-electron chi connectivity index (χ4n) is 1.92. The van der Waals surface area contributed by atoms with Crippen molar-refractivity contribution in [1.82, 2.24) is 10.2 Å². The number of alkyl halides is 3. The van der Waals surface area contributed by atoms with Crippen molar-refractivity contribution in [3.05, 3.63) is 33.8 Å². The van der Waals surface area contributed by atoms with Crippen LogP contribution in [-0.4, -0.2) is 37.2 Å². The summed E-state index contributed by atoms with van der Waals surface area (Å²) >= 11 is 3.07. The fraction of sp³-hybridized carbons (Fsp3) is 0.462. The molecule has 1 saturated heterocycles. The average Bonchev–Trinajstić information content (AvgIpc) is 2.45. The first-order valence-electron chi connectivity index (χ1n) is 6.36. The maximum atomic E-state index is 12.5. The molecule has 1 aromatic rings. The molecule has 0 unspecified atom stereocenters. The highest BCUT2D eigenvalue weighted by atomic mass is 79.9. The molecule has 2 rings (SSSR count). The zero-order valence-electron chi connectivity index (χ0n) is 11.0. The maximum absolute atomic E-state index is 12.5. The number of benzene rings is 1. The van der Waals surface area contributed by atoms with Gasteiger partial charge in [-0.05, 0) is 12.1 Å². The standard InChI is InChI=1S/C13H14BrF3N2O2/c14-11-7-10(13(15,16)17)2-1-9(11)8-21-12(20)19-5-3-18-4-6-19/h1-2,7,18H,3-6,8H2. The van der Waals surface area contributed by atoms with E-state index in [1.54, 1.807) is 4.90 Å². The fourth-order valence-corrected chi connectivity index (χ4v) is 2.41. The summed E-state index contributed by atoms with van der Waals surface area (Å²) in [7, 11) is 0. The Morgan fingerprint density at radius 2 is 2.00 bits per heavy atom. The molecule has 4 nitrogen and oxygen atoms in total. The largest absolute Gasteiger partial charge is 0.444 e. The van der Waals surface area contributed by atoms with Crippen LogP contribution < -0.4 is 5.32 Å². The SMILES string of the molecule is O=C(OCc1ccc(C(F)(F)F)cc1Br)N1CCNCC1. The van der Waals surface area contributed by atoms with Crippen LogP contribution in [0, 0.1) is 0 Å². The van der Waals surface area contributed by atoms with E-state index in [9.17, 15) is 18.0 Å². The number of carbonyl (C=O) groups is 1. The molecular formula is C13H14BrF3N2O2. The van der Waals surface area contributed by atoms with Gasteiger partial charge in [-0.2, -0.15) is 13.2 Å². The summed E-state index contributed by atoms with van der Waals surface area (Å²) in [6.07, 6.45) is -4.85. The van der Waals surface area contributed by atoms with Crippen molar-refractivity contribution in [2.45, 2.75) is 12.8 Å². The van der Waals surface area contributed by atoms with Crippen LogP contribution >= 0.6 is 15.9 Å². The molecule has 1 amide bonds. The molecule has 116 valence electrons. The number of carbonyl (C=O) groups excluding carboxylic acids is 1. The van der Waals surface area contributed by atoms with Crippen molar-refractivity contribution in [2.24, 2.45) is 0 Å². The second kappa shape index (κ2) is 6.65. The second-order valence-corrected chi connectivity index (χ2v) is 5.45. The van der Waals surface area contributed by atoms with Gasteiger partial charge in [-0.3, -0.25) is 0 Å². The first-order chi connectivity index (χ1) is 9.88. The quantitative estimate of drug-likeness (QED) is 0.874. The zero-order chi connectivity index (χ0) is 15.5. The van der Waals surface area contributed by atoms with E-state index in [1.165, 1.54) is 6.07 Å². The highest BCUT2D eigenvalue weighted by Crippen LogP contribution is 2.32. The molecule has 8 heteroatoms. The number of halogens is 4. The smallest absolute Gasteiger partial charge is 0.416 e. The lowest BCUT2D eigenvalue weighted by Crippen LogP contribution is -2.46. The van der Waals surface area contributed by atoms with E-state index in [1.807, 2.05) is 0 Å². The monoisotopic (exact) mass is 366 g/mol. The summed E-state index contributed by atoms with van der Waals surface area (Å²) in [5.41, 5.74) is -0.252. The Labute approximate surface area is 128 Å². The van der Waals surface area contributed by atoms with Gasteiger partial charge < -0.3 is 15.0 Å². The van der Waals surface area contributed by atoms with Gasteiger partial charge in [-0.25, -0.2) is 4.79 Å². The Hall–Kier alpha value is -1.28. The number of nitrogens with zero attached hydrogens (tertiary/aromatic N) is 1. The van der Waals surface area contributed by atoms with Crippen molar-refractivity contribution in [3.63, 3.8) is 0 Å². The number of piperazine rings is 1. The van der Waals surface area contributed by atoms with Crippen molar-refractivity contribution in [2.75, 3.05) is 26.2 Å². The first-order valence-corrected chi connectivity index (χ1v) is 7.15. The number of hydrogen-bond acceptors (Lipinski definition) is 3. The predicted octanol–water partition coefficient (Wildman–Crippen LogP) is 3.01. The van der Waals surface area contributed by atoms with Crippen LogP contribution in [-0.2, 0) is 17.5 Å². The number of nitrogens with one attached hydrogen (secondary N) is 1. The summed E-state index contributed by atoms with van der Waals surface area (Å²) in [6, 6.07) is 3.25. The lowest BCUT2D eigenvalue weighted by atomic mass is 10.1. The van der Waals surface area contributed by atoms with Crippen LogP contribution in [0.1, 0.15) is 11.1 Å². The Morgan fingerprint density at radius 1 is 1.33 bits per heavy atom. The molecule has 0 aromatic heterocycles. The highest BCUT2D eigenvalue weighted by molar-refractivity contribution is 9.10. The third-order valence-electron chi connectivity index (χ3n) is 3.11. The third-order valence-corrected chi connectivity index (χ3v) is 3.84. The number of amides is 1. The van der Waals surface area contributed by atoms with Crippen LogP contribution in [0.5, 0.6) is 0 Å². The van der Waals surface area contributed by atoms with Crippen LogP contribution in [0.25, 0.3) is 0 Å². The lowest BCUT2D eigenvalue weighted by molar-refractivity contribution is -0.137. The topological polar surface area (TPSA) is 41.6 Å². The van der Waals surface area contributed by atoms with Gasteiger partial charge in [-0.15, -0.1) is 0 Å². The molecule has 0 bridgehead atoms. The van der Waals surface area contributed by atoms with Gasteiger partial charge >= 0.3 is 12.3 Å². The molecule has 1 aliphatic heterocycles. The molecule has 0 aliphatic carbocycles. The summed E-state index contributed by atoms with van der Waals surface area (Å²) in [4.78, 5) is 13.4. The third kappa shape index (κ3) is 4.34. The molecule has 1 heterocycles. The zero-order valence-corrected chi connectivity index (χ0v) is 12.6. The Morgan fingerprint density at radius 3 is 2.57 bits per heavy atom. The number of hydrogen-bond donors (Lipinski definition) is 1. The highest BCUT2D eigenvalue weighted by Gasteiger charge is 2.30. The van der Waals surface area contributed by atoms with Gasteiger partial charge in [0.15, 0.2) is 0 Å². The normalized spacial score (nSPS) is 15.9. The number of ether oxygens (including phenoxy) is 1. The molecule has 0 atom stereocenters. The minimum atomic E-state index is -4.39. The predicted molar refractivity (Wildman–Crippen MR) is 73.8 cm³/mol. The van der Waals surface area contributed by atoms with Gasteiger partial charge in [0.2, 0.25) is 0 Å². The maximum Gasteiger partial charge on any atom is 0.416 e. The van der Waals surface area contributed by atoms with Gasteiger partial charge in [0.25, 0.3) is 0 Å². The van der Waals surface area contributed by atoms with E-state index in [4.69, 9.17) is 4.74 Å². The molecule has 1 fully saturated rings. The molecule has 0 radical (unpaired) electrons.